The van der Waals surface area contributed by atoms with Gasteiger partial charge in [-0.25, -0.2) is 9.97 Å². The molecule has 4 heterocycles. The molecule has 1 aromatic carbocycles. The molecule has 0 radical (unpaired) electrons. The minimum Gasteiger partial charge on any atom is -0.353 e. The minimum atomic E-state index is -0.312. The summed E-state index contributed by atoms with van der Waals surface area (Å²) in [6.45, 7) is 10.6. The second-order valence-electron chi connectivity index (χ2n) is 11.0. The smallest absolute Gasteiger partial charge is 0.239 e. The molecule has 2 aliphatic heterocycles. The standard InChI is InChI=1S/C29H34N6O2/c1-19(2)15-22-5-7-23(8-6-22)21(4)28(37)34-13-10-24-26(31-18-32-27(24)34)33-14-11-29(17-33)20(3)16-35(29)25(36)9-12-30/h5-8,10,13,18-21H,9,11,14-17H2,1-4H3/t20-,21?,29-/m0/s1. The summed E-state index contributed by atoms with van der Waals surface area (Å²) < 4.78 is 1.63. The molecule has 0 saturated carbocycles. The Morgan fingerprint density at radius 1 is 1.16 bits per heavy atom. The molecule has 8 nitrogen and oxygen atoms in total. The first-order chi connectivity index (χ1) is 17.7. The van der Waals surface area contributed by atoms with Crippen LogP contribution in [0.4, 0.5) is 5.82 Å². The summed E-state index contributed by atoms with van der Waals surface area (Å²) in [5.74, 6) is 1.28. The van der Waals surface area contributed by atoms with Gasteiger partial charge in [0.25, 0.3) is 0 Å². The fourth-order valence-corrected chi connectivity index (χ4v) is 6.05. The maximum Gasteiger partial charge on any atom is 0.239 e. The predicted octanol–water partition coefficient (Wildman–Crippen LogP) is 4.41. The molecule has 0 aliphatic carbocycles. The van der Waals surface area contributed by atoms with Crippen molar-refractivity contribution in [3.63, 3.8) is 0 Å². The lowest BCUT2D eigenvalue weighted by atomic mass is 9.74. The van der Waals surface area contributed by atoms with Crippen LogP contribution in [0.1, 0.15) is 62.4 Å². The summed E-state index contributed by atoms with van der Waals surface area (Å²) in [5, 5.41) is 9.83. The number of hydrogen-bond acceptors (Lipinski definition) is 6. The Morgan fingerprint density at radius 2 is 1.92 bits per heavy atom. The van der Waals surface area contributed by atoms with E-state index in [9.17, 15) is 9.59 Å². The van der Waals surface area contributed by atoms with Crippen LogP contribution in [0.5, 0.6) is 0 Å². The third-order valence-electron chi connectivity index (χ3n) is 8.21. The lowest BCUT2D eigenvalue weighted by Gasteiger charge is -2.55. The molecule has 192 valence electrons. The molecule has 2 saturated heterocycles. The Labute approximate surface area is 217 Å². The zero-order chi connectivity index (χ0) is 26.3. The molecule has 37 heavy (non-hydrogen) atoms. The molecule has 0 bridgehead atoms. The Bertz CT molecular complexity index is 1370. The van der Waals surface area contributed by atoms with Gasteiger partial charge >= 0.3 is 0 Å². The zero-order valence-electron chi connectivity index (χ0n) is 22.0. The van der Waals surface area contributed by atoms with Crippen LogP contribution in [0.2, 0.25) is 0 Å². The number of hydrogen-bond donors (Lipinski definition) is 0. The van der Waals surface area contributed by atoms with Crippen molar-refractivity contribution in [2.24, 2.45) is 11.8 Å². The van der Waals surface area contributed by atoms with Crippen molar-refractivity contribution in [1.29, 1.82) is 5.26 Å². The molecule has 8 heteroatoms. The number of benzene rings is 1. The number of amides is 1. The van der Waals surface area contributed by atoms with Gasteiger partial charge in [0.2, 0.25) is 11.8 Å². The van der Waals surface area contributed by atoms with E-state index in [0.29, 0.717) is 30.6 Å². The average molecular weight is 499 g/mol. The Kier molecular flexibility index (Phi) is 6.49. The van der Waals surface area contributed by atoms with Crippen LogP contribution in [0.25, 0.3) is 11.0 Å². The van der Waals surface area contributed by atoms with E-state index >= 15 is 0 Å². The highest BCUT2D eigenvalue weighted by atomic mass is 16.2. The normalized spacial score (nSPS) is 21.9. The van der Waals surface area contributed by atoms with Gasteiger partial charge in [-0.2, -0.15) is 5.26 Å². The third kappa shape index (κ3) is 4.26. The minimum absolute atomic E-state index is 0.0324. The van der Waals surface area contributed by atoms with Crippen LogP contribution >= 0.6 is 0 Å². The number of anilines is 1. The number of carbonyl (C=O) groups excluding carboxylic acids is 2. The van der Waals surface area contributed by atoms with E-state index in [1.165, 1.54) is 11.9 Å². The fourth-order valence-electron chi connectivity index (χ4n) is 6.05. The lowest BCUT2D eigenvalue weighted by molar-refractivity contribution is -0.152. The van der Waals surface area contributed by atoms with Gasteiger partial charge in [0.1, 0.15) is 18.6 Å². The number of nitriles is 1. The highest BCUT2D eigenvalue weighted by Crippen LogP contribution is 2.45. The maximum atomic E-state index is 13.5. The highest BCUT2D eigenvalue weighted by molar-refractivity contribution is 5.97. The van der Waals surface area contributed by atoms with Crippen molar-refractivity contribution in [1.82, 2.24) is 19.4 Å². The van der Waals surface area contributed by atoms with Crippen LogP contribution in [-0.2, 0) is 11.2 Å². The number of fused-ring (bicyclic) bond motifs is 1. The fraction of sp³-hybridized carbons (Fsp3) is 0.483. The lowest BCUT2D eigenvalue weighted by Crippen LogP contribution is -2.69. The van der Waals surface area contributed by atoms with Gasteiger partial charge in [-0.05, 0) is 48.8 Å². The number of likely N-dealkylation sites (tertiary alicyclic amines) is 1. The van der Waals surface area contributed by atoms with E-state index < -0.39 is 0 Å². The van der Waals surface area contributed by atoms with Gasteiger partial charge in [-0.1, -0.05) is 45.0 Å². The van der Waals surface area contributed by atoms with Crippen LogP contribution in [0.15, 0.2) is 42.9 Å². The number of rotatable bonds is 6. The van der Waals surface area contributed by atoms with Gasteiger partial charge in [0.15, 0.2) is 5.65 Å². The number of nitrogens with zero attached hydrogens (tertiary/aromatic N) is 6. The molecule has 2 fully saturated rings. The first kappa shape index (κ1) is 24.9. The monoisotopic (exact) mass is 498 g/mol. The number of aromatic nitrogens is 3. The molecular formula is C29H34N6O2. The molecule has 0 N–H and O–H groups in total. The first-order valence-corrected chi connectivity index (χ1v) is 13.1. The van der Waals surface area contributed by atoms with Gasteiger partial charge in [-0.15, -0.1) is 0 Å². The van der Waals surface area contributed by atoms with Gasteiger partial charge in [-0.3, -0.25) is 14.2 Å². The van der Waals surface area contributed by atoms with E-state index in [1.807, 2.05) is 24.0 Å². The quantitative estimate of drug-likeness (QED) is 0.499. The van der Waals surface area contributed by atoms with Crippen molar-refractivity contribution in [3.05, 3.63) is 54.0 Å². The van der Waals surface area contributed by atoms with Gasteiger partial charge < -0.3 is 9.80 Å². The maximum absolute atomic E-state index is 13.5. The molecule has 5 rings (SSSR count). The molecule has 3 atom stereocenters. The van der Waals surface area contributed by atoms with Crippen LogP contribution < -0.4 is 4.90 Å². The summed E-state index contributed by atoms with van der Waals surface area (Å²) in [5.41, 5.74) is 2.59. The van der Waals surface area contributed by atoms with Crippen molar-refractivity contribution in [3.8, 4) is 6.07 Å². The summed E-state index contributed by atoms with van der Waals surface area (Å²) in [4.78, 5) is 39.2. The Balaban J connectivity index is 1.38. The summed E-state index contributed by atoms with van der Waals surface area (Å²) in [6, 6.07) is 12.2. The van der Waals surface area contributed by atoms with Gasteiger partial charge in [0.05, 0.1) is 22.9 Å². The van der Waals surface area contributed by atoms with E-state index in [-0.39, 0.29) is 29.7 Å². The average Bonchev–Trinajstić information content (AvgIpc) is 3.53. The molecule has 1 amide bonds. The van der Waals surface area contributed by atoms with E-state index in [0.717, 1.165) is 36.2 Å². The zero-order valence-corrected chi connectivity index (χ0v) is 22.0. The Hall–Kier alpha value is -3.73. The van der Waals surface area contributed by atoms with E-state index in [2.05, 4.69) is 59.9 Å². The van der Waals surface area contributed by atoms with Crippen LogP contribution in [0.3, 0.4) is 0 Å². The molecule has 2 aromatic heterocycles. The summed E-state index contributed by atoms with van der Waals surface area (Å²) in [6.07, 6.45) is 5.07. The van der Waals surface area contributed by atoms with Crippen molar-refractivity contribution in [2.45, 2.75) is 58.4 Å². The van der Waals surface area contributed by atoms with Crippen LogP contribution in [-0.4, -0.2) is 56.4 Å². The van der Waals surface area contributed by atoms with Crippen LogP contribution in [0, 0.1) is 23.2 Å². The van der Waals surface area contributed by atoms with Crippen molar-refractivity contribution in [2.75, 3.05) is 24.5 Å². The molecule has 3 aromatic rings. The summed E-state index contributed by atoms with van der Waals surface area (Å²) in [7, 11) is 0. The third-order valence-corrected chi connectivity index (χ3v) is 8.21. The summed E-state index contributed by atoms with van der Waals surface area (Å²) >= 11 is 0. The largest absolute Gasteiger partial charge is 0.353 e. The molecular weight excluding hydrogens is 464 g/mol. The second kappa shape index (κ2) is 9.62. The highest BCUT2D eigenvalue weighted by Gasteiger charge is 2.56. The SMILES string of the molecule is CC(C)Cc1ccc(C(C)C(=O)n2ccc3c(N4CC[C@]5(C4)[C@@H](C)CN5C(=O)CC#N)ncnc32)cc1. The van der Waals surface area contributed by atoms with E-state index in [1.54, 1.807) is 10.8 Å². The topological polar surface area (TPSA) is 95.1 Å². The first-order valence-electron chi connectivity index (χ1n) is 13.1. The number of carbonyl (C=O) groups is 2. The molecule has 1 unspecified atom stereocenters. The van der Waals surface area contributed by atoms with Gasteiger partial charge in [0, 0.05) is 25.8 Å². The molecule has 2 aliphatic rings. The van der Waals surface area contributed by atoms with E-state index in [4.69, 9.17) is 5.26 Å². The second-order valence-corrected chi connectivity index (χ2v) is 11.0. The van der Waals surface area contributed by atoms with Crippen molar-refractivity contribution >= 4 is 28.7 Å². The van der Waals surface area contributed by atoms with Crippen molar-refractivity contribution < 1.29 is 9.59 Å². The molecule has 1 spiro atoms. The predicted molar refractivity (Wildman–Crippen MR) is 142 cm³/mol. The Morgan fingerprint density at radius 3 is 2.59 bits per heavy atom.